The van der Waals surface area contributed by atoms with E-state index < -0.39 is 11.4 Å². The van der Waals surface area contributed by atoms with Gasteiger partial charge in [0.15, 0.2) is 11.5 Å². The van der Waals surface area contributed by atoms with Crippen molar-refractivity contribution in [2.24, 2.45) is 11.5 Å². The number of aromatic nitrogens is 3. The molecule has 0 aliphatic rings. The number of carbonyl (C=O) groups is 1. The van der Waals surface area contributed by atoms with Gasteiger partial charge >= 0.3 is 0 Å². The minimum absolute atomic E-state index is 0.243. The molecule has 8 heteroatoms. The fraction of sp³-hybridized carbons (Fsp3) is 0.278. The highest BCUT2D eigenvalue weighted by atomic mass is 16.1. The quantitative estimate of drug-likeness (QED) is 0.538. The second-order valence-electron chi connectivity index (χ2n) is 6.94. The summed E-state index contributed by atoms with van der Waals surface area (Å²) in [7, 11) is 0. The van der Waals surface area contributed by atoms with Gasteiger partial charge < -0.3 is 22.1 Å². The van der Waals surface area contributed by atoms with E-state index in [0.29, 0.717) is 23.8 Å². The molecule has 0 unspecified atom stereocenters. The van der Waals surface area contributed by atoms with Crippen LogP contribution in [0.3, 0.4) is 0 Å². The number of hydrogen-bond acceptors (Lipinski definition) is 6. The van der Waals surface area contributed by atoms with Crippen LogP contribution in [0, 0.1) is 6.92 Å². The molecule has 0 saturated heterocycles. The number of hydrogen-bond donors (Lipinski definition) is 4. The summed E-state index contributed by atoms with van der Waals surface area (Å²) in [5, 5.41) is 10.9. The summed E-state index contributed by atoms with van der Waals surface area (Å²) >= 11 is 0. The van der Waals surface area contributed by atoms with Crippen LogP contribution in [0.15, 0.2) is 36.4 Å². The lowest BCUT2D eigenvalue weighted by Gasteiger charge is -2.20. The first kappa shape index (κ1) is 17.7. The molecule has 0 fully saturated rings. The summed E-state index contributed by atoms with van der Waals surface area (Å²) in [5.74, 6) is 0.452. The van der Waals surface area contributed by atoms with Crippen molar-refractivity contribution in [3.8, 4) is 0 Å². The Morgan fingerprint density at radius 2 is 1.96 bits per heavy atom. The van der Waals surface area contributed by atoms with Crippen molar-refractivity contribution in [2.45, 2.75) is 26.3 Å². The van der Waals surface area contributed by atoms with E-state index in [9.17, 15) is 4.79 Å². The molecule has 0 spiro atoms. The molecular formula is C18H23N7O. The SMILES string of the molecule is Cc1cc(NCC(C)(C)N)n2nc(Nc3ccccc3)c(C(N)=O)c2n1. The van der Waals surface area contributed by atoms with Crippen LogP contribution in [0.4, 0.5) is 17.3 Å². The molecule has 2 heterocycles. The minimum atomic E-state index is -0.596. The molecule has 0 radical (unpaired) electrons. The summed E-state index contributed by atoms with van der Waals surface area (Å²) in [6.07, 6.45) is 0. The van der Waals surface area contributed by atoms with Crippen LogP contribution < -0.4 is 22.1 Å². The van der Waals surface area contributed by atoms with Gasteiger partial charge in [-0.3, -0.25) is 4.79 Å². The van der Waals surface area contributed by atoms with Gasteiger partial charge in [-0.05, 0) is 32.9 Å². The fourth-order valence-corrected chi connectivity index (χ4v) is 2.56. The first-order valence-electron chi connectivity index (χ1n) is 8.29. The lowest BCUT2D eigenvalue weighted by atomic mass is 10.1. The van der Waals surface area contributed by atoms with Crippen molar-refractivity contribution in [1.29, 1.82) is 0 Å². The van der Waals surface area contributed by atoms with E-state index in [4.69, 9.17) is 11.5 Å². The average molecular weight is 353 g/mol. The Kier molecular flexibility index (Phi) is 4.52. The first-order chi connectivity index (χ1) is 12.2. The van der Waals surface area contributed by atoms with E-state index in [0.717, 1.165) is 11.4 Å². The highest BCUT2D eigenvalue weighted by Crippen LogP contribution is 2.25. The van der Waals surface area contributed by atoms with Crippen LogP contribution in [0.2, 0.25) is 0 Å². The van der Waals surface area contributed by atoms with Crippen LogP contribution in [0.5, 0.6) is 0 Å². The molecular weight excluding hydrogens is 330 g/mol. The fourth-order valence-electron chi connectivity index (χ4n) is 2.56. The molecule has 1 aromatic carbocycles. The first-order valence-corrected chi connectivity index (χ1v) is 8.29. The average Bonchev–Trinajstić information content (AvgIpc) is 2.90. The summed E-state index contributed by atoms with van der Waals surface area (Å²) in [6.45, 7) is 6.22. The number of nitrogens with two attached hydrogens (primary N) is 2. The molecule has 1 amide bonds. The van der Waals surface area contributed by atoms with Crippen LogP contribution in [-0.4, -0.2) is 32.6 Å². The third-order valence-electron chi connectivity index (χ3n) is 3.73. The van der Waals surface area contributed by atoms with Gasteiger partial charge in [0.25, 0.3) is 5.91 Å². The van der Waals surface area contributed by atoms with E-state index in [1.807, 2.05) is 57.2 Å². The van der Waals surface area contributed by atoms with Crippen LogP contribution in [0.25, 0.3) is 5.65 Å². The van der Waals surface area contributed by atoms with Crippen molar-refractivity contribution in [3.05, 3.63) is 47.7 Å². The normalized spacial score (nSPS) is 11.5. The largest absolute Gasteiger partial charge is 0.368 e. The van der Waals surface area contributed by atoms with Crippen molar-refractivity contribution in [1.82, 2.24) is 14.6 Å². The summed E-state index contributed by atoms with van der Waals surface area (Å²) in [4.78, 5) is 16.5. The molecule has 136 valence electrons. The van der Waals surface area contributed by atoms with E-state index >= 15 is 0 Å². The zero-order valence-corrected chi connectivity index (χ0v) is 15.1. The molecule has 3 aromatic rings. The molecule has 0 bridgehead atoms. The molecule has 0 aliphatic carbocycles. The number of nitrogens with zero attached hydrogens (tertiary/aromatic N) is 3. The Morgan fingerprint density at radius 3 is 2.58 bits per heavy atom. The molecule has 26 heavy (non-hydrogen) atoms. The highest BCUT2D eigenvalue weighted by molar-refractivity contribution is 6.04. The van der Waals surface area contributed by atoms with Crippen molar-refractivity contribution >= 4 is 28.9 Å². The number of para-hydroxylation sites is 1. The van der Waals surface area contributed by atoms with Gasteiger partial charge in [-0.25, -0.2) is 4.98 Å². The number of rotatable bonds is 6. The number of anilines is 3. The molecule has 8 nitrogen and oxygen atoms in total. The van der Waals surface area contributed by atoms with E-state index in [1.165, 1.54) is 0 Å². The Bertz CT molecular complexity index is 942. The third-order valence-corrected chi connectivity index (χ3v) is 3.73. The number of fused-ring (bicyclic) bond motifs is 1. The van der Waals surface area contributed by atoms with Gasteiger partial charge in [-0.1, -0.05) is 18.2 Å². The Balaban J connectivity index is 2.11. The van der Waals surface area contributed by atoms with E-state index in [1.54, 1.807) is 4.52 Å². The second-order valence-corrected chi connectivity index (χ2v) is 6.94. The monoisotopic (exact) mass is 353 g/mol. The number of carbonyl (C=O) groups excluding carboxylic acids is 1. The maximum absolute atomic E-state index is 12.1. The van der Waals surface area contributed by atoms with Gasteiger partial charge in [-0.2, -0.15) is 4.52 Å². The second kappa shape index (κ2) is 6.64. The maximum Gasteiger partial charge on any atom is 0.256 e. The predicted octanol–water partition coefficient (Wildman–Crippen LogP) is 2.03. The van der Waals surface area contributed by atoms with Crippen LogP contribution in [-0.2, 0) is 0 Å². The molecule has 0 aliphatic heterocycles. The highest BCUT2D eigenvalue weighted by Gasteiger charge is 2.22. The van der Waals surface area contributed by atoms with Crippen LogP contribution >= 0.6 is 0 Å². The van der Waals surface area contributed by atoms with Crippen molar-refractivity contribution < 1.29 is 4.79 Å². The summed E-state index contributed by atoms with van der Waals surface area (Å²) in [5.41, 5.74) is 13.4. The molecule has 0 atom stereocenters. The van der Waals surface area contributed by atoms with Gasteiger partial charge in [0.1, 0.15) is 11.4 Å². The zero-order valence-electron chi connectivity index (χ0n) is 15.1. The van der Waals surface area contributed by atoms with Gasteiger partial charge in [0.05, 0.1) is 0 Å². The number of aryl methyl sites for hydroxylation is 1. The van der Waals surface area contributed by atoms with Gasteiger partial charge in [0, 0.05) is 29.5 Å². The lowest BCUT2D eigenvalue weighted by molar-refractivity contribution is 0.100. The van der Waals surface area contributed by atoms with E-state index in [-0.39, 0.29) is 5.56 Å². The van der Waals surface area contributed by atoms with Crippen molar-refractivity contribution in [3.63, 3.8) is 0 Å². The summed E-state index contributed by atoms with van der Waals surface area (Å²) in [6, 6.07) is 11.3. The number of nitrogens with one attached hydrogen (secondary N) is 2. The molecule has 2 aromatic heterocycles. The molecule has 6 N–H and O–H groups in total. The summed E-state index contributed by atoms with van der Waals surface area (Å²) < 4.78 is 1.57. The number of benzene rings is 1. The number of amides is 1. The van der Waals surface area contributed by atoms with Crippen LogP contribution in [0.1, 0.15) is 29.9 Å². The minimum Gasteiger partial charge on any atom is -0.368 e. The van der Waals surface area contributed by atoms with Crippen molar-refractivity contribution in [2.75, 3.05) is 17.2 Å². The van der Waals surface area contributed by atoms with Gasteiger partial charge in [-0.15, -0.1) is 5.10 Å². The lowest BCUT2D eigenvalue weighted by Crippen LogP contribution is -2.40. The Hall–Kier alpha value is -3.13. The topological polar surface area (TPSA) is 123 Å². The van der Waals surface area contributed by atoms with Gasteiger partial charge in [0.2, 0.25) is 0 Å². The smallest absolute Gasteiger partial charge is 0.256 e. The molecule has 3 rings (SSSR count). The maximum atomic E-state index is 12.1. The standard InChI is InChI=1S/C18H23N7O/c1-11-9-13(21-10-18(2,3)20)25-17(22-11)14(15(19)26)16(24-25)23-12-7-5-4-6-8-12/h4-9,21H,10,20H2,1-3H3,(H2,19,26)(H,23,24). The Labute approximate surface area is 151 Å². The number of primary amides is 1. The Morgan fingerprint density at radius 1 is 1.27 bits per heavy atom. The zero-order chi connectivity index (χ0) is 18.9. The third kappa shape index (κ3) is 3.75. The molecule has 0 saturated carbocycles. The predicted molar refractivity (Wildman–Crippen MR) is 103 cm³/mol. The van der Waals surface area contributed by atoms with E-state index in [2.05, 4.69) is 20.7 Å².